The average molecular weight is 782 g/mol. The molecule has 4 heterocycles. The van der Waals surface area contributed by atoms with E-state index in [-0.39, 0.29) is 17.9 Å². The fraction of sp³-hybridized carbons (Fsp3) is 0.525. The third-order valence-electron chi connectivity index (χ3n) is 11.2. The highest BCUT2D eigenvalue weighted by Crippen LogP contribution is 2.49. The number of alkyl carbamates (subject to hydrolysis) is 1. The van der Waals surface area contributed by atoms with Crippen molar-refractivity contribution in [2.45, 2.75) is 95.5 Å². The first-order valence-corrected chi connectivity index (χ1v) is 19.0. The number of methoxy groups -OCH3 is 2. The Morgan fingerprint density at radius 1 is 1.13 bits per heavy atom. The van der Waals surface area contributed by atoms with Crippen molar-refractivity contribution in [2.24, 2.45) is 5.92 Å². The highest BCUT2D eigenvalue weighted by molar-refractivity contribution is 6.35. The molecule has 0 spiro atoms. The van der Waals surface area contributed by atoms with Crippen LogP contribution in [0.1, 0.15) is 57.6 Å². The number of nitrogens with two attached hydrogens (primary N) is 1. The molecule has 3 amide bonds. The number of allylic oxidation sites excluding steroid dienone is 3. The maximum absolute atomic E-state index is 14.3. The van der Waals surface area contributed by atoms with Gasteiger partial charge in [0.1, 0.15) is 34.7 Å². The van der Waals surface area contributed by atoms with Crippen LogP contribution in [-0.2, 0) is 30.2 Å². The van der Waals surface area contributed by atoms with Gasteiger partial charge in [0.05, 0.1) is 36.7 Å². The van der Waals surface area contributed by atoms with Gasteiger partial charge in [0.25, 0.3) is 0 Å². The van der Waals surface area contributed by atoms with Crippen molar-refractivity contribution < 1.29 is 43.2 Å². The van der Waals surface area contributed by atoms with Crippen molar-refractivity contribution in [3.8, 4) is 5.75 Å². The Morgan fingerprint density at radius 2 is 1.85 bits per heavy atom. The van der Waals surface area contributed by atoms with Gasteiger partial charge in [0.15, 0.2) is 5.72 Å². The van der Waals surface area contributed by atoms with Gasteiger partial charge in [-0.15, -0.1) is 0 Å². The van der Waals surface area contributed by atoms with Crippen LogP contribution in [0.4, 0.5) is 32.3 Å². The van der Waals surface area contributed by atoms with E-state index in [0.717, 1.165) is 48.3 Å². The van der Waals surface area contributed by atoms with Crippen LogP contribution in [0.15, 0.2) is 48.1 Å². The molecule has 5 N–H and O–H groups in total. The molecule has 298 valence electrons. The summed E-state index contributed by atoms with van der Waals surface area (Å²) in [4.78, 5) is 44.7. The monoisotopic (exact) mass is 781 g/mol. The molecule has 0 aliphatic carbocycles. The molecule has 14 nitrogen and oxygen atoms in total. The van der Waals surface area contributed by atoms with Crippen molar-refractivity contribution in [3.63, 3.8) is 0 Å². The summed E-state index contributed by atoms with van der Waals surface area (Å²) < 4.78 is 29.5. The summed E-state index contributed by atoms with van der Waals surface area (Å²) in [7, 11) is 4.56. The Balaban J connectivity index is 1.37. The standard InChI is InChI=1S/C40H52ClN5O9/c1-22-11-10-12-31(52-7)40(50)21-30(53-38(49)44-40)24(3)36-39(4,55-36)32(20-33(47)45(5)27-17-25(15-22)18-29(51-6)34(27)41)54-37(48)43-35-23(2)16-26(42)19-28(35)46-13-8-9-14-46/h10-12,16-19,24,30-32,36,50H,8-9,13-15,20-21,42H2,1-7H3,(H,43,48)(H,44,49)/b12-10+,22-11+/t24-,30+,31-,32+,36+,39+,40+/m1/s1. The maximum Gasteiger partial charge on any atom is 0.412 e. The van der Waals surface area contributed by atoms with E-state index in [9.17, 15) is 19.5 Å². The van der Waals surface area contributed by atoms with Gasteiger partial charge in [-0.3, -0.25) is 15.4 Å². The van der Waals surface area contributed by atoms with Crippen LogP contribution in [0.3, 0.4) is 0 Å². The number of epoxide rings is 1. The molecule has 0 aromatic heterocycles. The summed E-state index contributed by atoms with van der Waals surface area (Å²) in [5.41, 5.74) is 8.09. The second kappa shape index (κ2) is 15.9. The number of aryl methyl sites for hydroxylation is 1. The smallest absolute Gasteiger partial charge is 0.412 e. The Kier molecular flexibility index (Phi) is 11.6. The number of nitrogens with zero attached hydrogens (tertiary/aromatic N) is 2. The van der Waals surface area contributed by atoms with E-state index in [0.29, 0.717) is 29.2 Å². The predicted molar refractivity (Wildman–Crippen MR) is 210 cm³/mol. The SMILES string of the molecule is COc1cc2cc(c1Cl)N(C)C(=O)C[C@H](OC(=O)Nc1c(C)cc(N)cc1N1CCCC1)[C@]1(C)O[C@H]1[C@H](C)[C@@H]1C[C@@](O)(NC(=O)O1)[C@H](OC)/C=C/C=C(\C)C2. The minimum absolute atomic E-state index is 0.0328. The molecule has 3 fully saturated rings. The predicted octanol–water partition coefficient (Wildman–Crippen LogP) is 5.86. The van der Waals surface area contributed by atoms with Gasteiger partial charge in [0, 0.05) is 45.3 Å². The third-order valence-corrected chi connectivity index (χ3v) is 11.6. The number of ether oxygens (including phenoxy) is 5. The van der Waals surface area contributed by atoms with Crippen LogP contribution < -0.4 is 30.9 Å². The molecular weight excluding hydrogens is 730 g/mol. The molecular formula is C40H52ClN5O9. The van der Waals surface area contributed by atoms with Crippen LogP contribution >= 0.6 is 11.6 Å². The zero-order valence-corrected chi connectivity index (χ0v) is 33.2. The lowest BCUT2D eigenvalue weighted by Gasteiger charge is -2.42. The highest BCUT2D eigenvalue weighted by atomic mass is 35.5. The van der Waals surface area contributed by atoms with Crippen LogP contribution in [0.5, 0.6) is 5.75 Å². The summed E-state index contributed by atoms with van der Waals surface area (Å²) in [6.07, 6.45) is 2.40. The summed E-state index contributed by atoms with van der Waals surface area (Å²) in [6.45, 7) is 9.03. The molecule has 4 aliphatic heterocycles. The molecule has 0 radical (unpaired) electrons. The van der Waals surface area contributed by atoms with E-state index in [4.69, 9.17) is 41.0 Å². The molecule has 2 aromatic carbocycles. The number of nitrogen functional groups attached to an aromatic ring is 1. The number of rotatable bonds is 5. The summed E-state index contributed by atoms with van der Waals surface area (Å²) >= 11 is 6.80. The van der Waals surface area contributed by atoms with Crippen LogP contribution in [0.25, 0.3) is 0 Å². The summed E-state index contributed by atoms with van der Waals surface area (Å²) in [5.74, 6) is -0.520. The van der Waals surface area contributed by atoms with E-state index < -0.39 is 59.8 Å². The lowest BCUT2D eigenvalue weighted by atomic mass is 9.83. The number of amides is 3. The van der Waals surface area contributed by atoms with Gasteiger partial charge >= 0.3 is 12.2 Å². The third kappa shape index (κ3) is 8.37. The molecule has 0 unspecified atom stereocenters. The van der Waals surface area contributed by atoms with Crippen molar-refractivity contribution in [3.05, 3.63) is 64.2 Å². The van der Waals surface area contributed by atoms with Crippen LogP contribution in [-0.4, -0.2) is 93.3 Å². The highest BCUT2D eigenvalue weighted by Gasteiger charge is 2.64. The van der Waals surface area contributed by atoms with Crippen LogP contribution in [0, 0.1) is 12.8 Å². The molecule has 6 rings (SSSR count). The van der Waals surface area contributed by atoms with E-state index >= 15 is 0 Å². The zero-order chi connectivity index (χ0) is 39.8. The number of hydrogen-bond acceptors (Lipinski definition) is 11. The van der Waals surface area contributed by atoms with E-state index in [1.54, 1.807) is 32.2 Å². The number of carbonyl (C=O) groups is 3. The number of anilines is 4. The first-order valence-electron chi connectivity index (χ1n) is 18.6. The molecule has 2 aromatic rings. The first-order chi connectivity index (χ1) is 26.1. The van der Waals surface area contributed by atoms with Gasteiger partial charge < -0.3 is 44.3 Å². The van der Waals surface area contributed by atoms with E-state index in [1.165, 1.54) is 19.1 Å². The second-order valence-corrected chi connectivity index (χ2v) is 15.6. The van der Waals surface area contributed by atoms with Gasteiger partial charge in [-0.2, -0.15) is 0 Å². The number of halogens is 1. The molecule has 7 atom stereocenters. The fourth-order valence-corrected chi connectivity index (χ4v) is 8.35. The number of carbonyl (C=O) groups excluding carboxylic acids is 3. The Bertz CT molecular complexity index is 1880. The fourth-order valence-electron chi connectivity index (χ4n) is 8.03. The van der Waals surface area contributed by atoms with Crippen LogP contribution in [0.2, 0.25) is 5.02 Å². The quantitative estimate of drug-likeness (QED) is 0.211. The first kappa shape index (κ1) is 40.2. The minimum Gasteiger partial charge on any atom is -0.495 e. The molecule has 55 heavy (non-hydrogen) atoms. The number of benzene rings is 2. The van der Waals surface area contributed by atoms with Crippen molar-refractivity contribution in [2.75, 3.05) is 55.2 Å². The molecule has 15 heteroatoms. The van der Waals surface area contributed by atoms with E-state index in [1.807, 2.05) is 45.0 Å². The average Bonchev–Trinajstić information content (AvgIpc) is 3.52. The second-order valence-electron chi connectivity index (χ2n) is 15.2. The number of fused-ring (bicyclic) bond motifs is 5. The Labute approximate surface area is 326 Å². The zero-order valence-electron chi connectivity index (χ0n) is 32.4. The minimum atomic E-state index is -1.81. The van der Waals surface area contributed by atoms with Gasteiger partial charge in [-0.1, -0.05) is 42.3 Å². The number of aliphatic hydroxyl groups is 1. The van der Waals surface area contributed by atoms with E-state index in [2.05, 4.69) is 15.5 Å². The largest absolute Gasteiger partial charge is 0.495 e. The Morgan fingerprint density at radius 3 is 2.55 bits per heavy atom. The Hall–Kier alpha value is -4.50. The normalized spacial score (nSPS) is 31.4. The topological polar surface area (TPSA) is 177 Å². The summed E-state index contributed by atoms with van der Waals surface area (Å²) in [6, 6.07) is 7.25. The molecule has 4 aliphatic rings. The van der Waals surface area contributed by atoms with Gasteiger partial charge in [-0.25, -0.2) is 9.59 Å². The lowest BCUT2D eigenvalue weighted by Crippen LogP contribution is -2.63. The lowest BCUT2D eigenvalue weighted by molar-refractivity contribution is -0.142. The van der Waals surface area contributed by atoms with Crippen molar-refractivity contribution in [1.82, 2.24) is 5.32 Å². The molecule has 4 bridgehead atoms. The number of nitrogens with one attached hydrogen (secondary N) is 2. The van der Waals surface area contributed by atoms with Crippen molar-refractivity contribution in [1.29, 1.82) is 0 Å². The molecule has 0 saturated carbocycles. The van der Waals surface area contributed by atoms with Gasteiger partial charge in [-0.05, 0) is 75.4 Å². The number of hydrogen-bond donors (Lipinski definition) is 4. The molecule has 3 saturated heterocycles. The summed E-state index contributed by atoms with van der Waals surface area (Å²) in [5, 5.41) is 17.5. The van der Waals surface area contributed by atoms with Crippen molar-refractivity contribution >= 4 is 52.4 Å². The maximum atomic E-state index is 14.3. The van der Waals surface area contributed by atoms with Gasteiger partial charge in [0.2, 0.25) is 5.91 Å².